The molecule has 1 rings (SSSR count). The molecule has 0 aromatic heterocycles. The van der Waals surface area contributed by atoms with Gasteiger partial charge in [-0.05, 0) is 45.9 Å². The molecule has 0 saturated carbocycles. The van der Waals surface area contributed by atoms with Gasteiger partial charge in [-0.15, -0.1) is 0 Å². The number of carbonyl (C=O) groups excluding carboxylic acids is 1. The number of benzene rings is 1. The average Bonchev–Trinajstić information content (AvgIpc) is 2.29. The fourth-order valence-electron chi connectivity index (χ4n) is 1.91. The summed E-state index contributed by atoms with van der Waals surface area (Å²) in [5.74, 6) is -0.422. The van der Waals surface area contributed by atoms with Crippen LogP contribution in [-0.2, 0) is 14.8 Å². The number of halogens is 2. The van der Waals surface area contributed by atoms with Crippen molar-refractivity contribution >= 4 is 44.8 Å². The lowest BCUT2D eigenvalue weighted by Crippen LogP contribution is -2.52. The molecule has 0 spiro atoms. The zero-order valence-electron chi connectivity index (χ0n) is 13.1. The summed E-state index contributed by atoms with van der Waals surface area (Å²) in [7, 11) is -3.73. The number of nitrogens with zero attached hydrogens (tertiary/aromatic N) is 1. The second kappa shape index (κ2) is 6.64. The number of anilines is 1. The van der Waals surface area contributed by atoms with Crippen molar-refractivity contribution in [2.45, 2.75) is 39.3 Å². The Kier molecular flexibility index (Phi) is 5.76. The quantitative estimate of drug-likeness (QED) is 0.890. The molecule has 5 nitrogen and oxygen atoms in total. The molecule has 0 aliphatic rings. The Morgan fingerprint density at radius 2 is 1.82 bits per heavy atom. The van der Waals surface area contributed by atoms with Crippen molar-refractivity contribution in [2.75, 3.05) is 10.6 Å². The van der Waals surface area contributed by atoms with Crippen LogP contribution in [0.2, 0.25) is 10.0 Å². The summed E-state index contributed by atoms with van der Waals surface area (Å²) in [5, 5.41) is 3.28. The highest BCUT2D eigenvalue weighted by Crippen LogP contribution is 2.32. The zero-order chi connectivity index (χ0) is 17.3. The van der Waals surface area contributed by atoms with Crippen LogP contribution in [0.1, 0.15) is 27.7 Å². The molecule has 0 bridgehead atoms. The van der Waals surface area contributed by atoms with E-state index in [9.17, 15) is 13.2 Å². The van der Waals surface area contributed by atoms with Crippen LogP contribution in [0.3, 0.4) is 0 Å². The Morgan fingerprint density at radius 1 is 1.27 bits per heavy atom. The van der Waals surface area contributed by atoms with Crippen LogP contribution in [-0.4, -0.2) is 32.2 Å². The van der Waals surface area contributed by atoms with Gasteiger partial charge < -0.3 is 5.32 Å². The van der Waals surface area contributed by atoms with E-state index in [0.29, 0.717) is 5.02 Å². The number of hydrogen-bond donors (Lipinski definition) is 1. The van der Waals surface area contributed by atoms with Crippen LogP contribution in [0.5, 0.6) is 0 Å². The van der Waals surface area contributed by atoms with E-state index in [0.717, 1.165) is 10.6 Å². The third-order valence-electron chi connectivity index (χ3n) is 2.73. The Bertz CT molecular complexity index is 669. The van der Waals surface area contributed by atoms with Crippen molar-refractivity contribution in [3.05, 3.63) is 28.2 Å². The molecule has 1 N–H and O–H groups in total. The first kappa shape index (κ1) is 19.1. The van der Waals surface area contributed by atoms with E-state index >= 15 is 0 Å². The Morgan fingerprint density at radius 3 is 2.27 bits per heavy atom. The van der Waals surface area contributed by atoms with Gasteiger partial charge in [-0.1, -0.05) is 23.2 Å². The van der Waals surface area contributed by atoms with Crippen molar-refractivity contribution < 1.29 is 13.2 Å². The van der Waals surface area contributed by atoms with E-state index in [2.05, 4.69) is 5.32 Å². The van der Waals surface area contributed by atoms with Crippen molar-refractivity contribution in [2.24, 2.45) is 0 Å². The standard InChI is InChI=1S/C14H20Cl2N2O3S/c1-9(13(19)17-14(2,3)4)18(22(5,20)21)12-8-10(15)6-7-11(12)16/h6-9H,1-5H3,(H,17,19). The topological polar surface area (TPSA) is 66.5 Å². The van der Waals surface area contributed by atoms with E-state index in [4.69, 9.17) is 23.2 Å². The van der Waals surface area contributed by atoms with Crippen molar-refractivity contribution in [3.63, 3.8) is 0 Å². The molecule has 0 aliphatic carbocycles. The number of amides is 1. The average molecular weight is 367 g/mol. The molecule has 0 aliphatic heterocycles. The van der Waals surface area contributed by atoms with E-state index in [1.807, 2.05) is 20.8 Å². The van der Waals surface area contributed by atoms with Gasteiger partial charge in [0.05, 0.1) is 17.0 Å². The number of rotatable bonds is 4. The molecule has 1 aromatic rings. The molecular weight excluding hydrogens is 347 g/mol. The molecule has 8 heteroatoms. The van der Waals surface area contributed by atoms with E-state index in [1.54, 1.807) is 6.07 Å². The summed E-state index contributed by atoms with van der Waals surface area (Å²) in [6, 6.07) is 3.50. The molecule has 124 valence electrons. The van der Waals surface area contributed by atoms with E-state index < -0.39 is 27.5 Å². The summed E-state index contributed by atoms with van der Waals surface area (Å²) in [4.78, 5) is 12.3. The molecule has 1 atom stereocenters. The second-order valence-electron chi connectivity index (χ2n) is 6.07. The highest BCUT2D eigenvalue weighted by molar-refractivity contribution is 7.92. The first-order valence-corrected chi connectivity index (χ1v) is 9.20. The van der Waals surface area contributed by atoms with Crippen LogP contribution >= 0.6 is 23.2 Å². The summed E-state index contributed by atoms with van der Waals surface area (Å²) in [5.41, 5.74) is -0.305. The SMILES string of the molecule is CC(C(=O)NC(C)(C)C)N(c1cc(Cl)ccc1Cl)S(C)(=O)=O. The predicted molar refractivity (Wildman–Crippen MR) is 91.1 cm³/mol. The van der Waals surface area contributed by atoms with Crippen LogP contribution in [0, 0.1) is 0 Å². The first-order chi connectivity index (χ1) is 9.83. The lowest BCUT2D eigenvalue weighted by molar-refractivity contribution is -0.123. The minimum Gasteiger partial charge on any atom is -0.350 e. The zero-order valence-corrected chi connectivity index (χ0v) is 15.5. The molecule has 0 heterocycles. The Labute approximate surface area is 141 Å². The molecule has 22 heavy (non-hydrogen) atoms. The third kappa shape index (κ3) is 5.04. The van der Waals surface area contributed by atoms with Crippen molar-refractivity contribution in [3.8, 4) is 0 Å². The minimum absolute atomic E-state index is 0.174. The monoisotopic (exact) mass is 366 g/mol. The van der Waals surface area contributed by atoms with Gasteiger partial charge in [-0.3, -0.25) is 9.10 Å². The maximum absolute atomic E-state index is 12.3. The van der Waals surface area contributed by atoms with E-state index in [-0.39, 0.29) is 10.7 Å². The Hall–Kier alpha value is -0.980. The minimum atomic E-state index is -3.73. The third-order valence-corrected chi connectivity index (χ3v) is 4.51. The van der Waals surface area contributed by atoms with Gasteiger partial charge in [0.25, 0.3) is 0 Å². The van der Waals surface area contributed by atoms with Crippen molar-refractivity contribution in [1.29, 1.82) is 0 Å². The van der Waals surface area contributed by atoms with Crippen molar-refractivity contribution in [1.82, 2.24) is 5.32 Å². The molecule has 1 aromatic carbocycles. The highest BCUT2D eigenvalue weighted by atomic mass is 35.5. The highest BCUT2D eigenvalue weighted by Gasteiger charge is 2.32. The molecule has 0 radical (unpaired) electrons. The van der Waals surface area contributed by atoms with Crippen LogP contribution in [0.15, 0.2) is 18.2 Å². The van der Waals surface area contributed by atoms with Gasteiger partial charge in [0.2, 0.25) is 15.9 Å². The van der Waals surface area contributed by atoms with Gasteiger partial charge in [-0.25, -0.2) is 8.42 Å². The summed E-state index contributed by atoms with van der Waals surface area (Å²) in [6.07, 6.45) is 1.02. The lowest BCUT2D eigenvalue weighted by atomic mass is 10.1. The lowest BCUT2D eigenvalue weighted by Gasteiger charge is -2.31. The van der Waals surface area contributed by atoms with Gasteiger partial charge in [0, 0.05) is 10.6 Å². The van der Waals surface area contributed by atoms with E-state index in [1.165, 1.54) is 19.1 Å². The number of nitrogens with one attached hydrogen (secondary N) is 1. The molecule has 0 fully saturated rings. The van der Waals surface area contributed by atoms with Gasteiger partial charge >= 0.3 is 0 Å². The van der Waals surface area contributed by atoms with Gasteiger partial charge in [-0.2, -0.15) is 0 Å². The second-order valence-corrected chi connectivity index (χ2v) is 8.77. The smallest absolute Gasteiger partial charge is 0.244 e. The molecule has 1 amide bonds. The molecule has 0 saturated heterocycles. The van der Waals surface area contributed by atoms with Crippen LogP contribution in [0.25, 0.3) is 0 Å². The molecular formula is C14H20Cl2N2O3S. The Balaban J connectivity index is 3.31. The van der Waals surface area contributed by atoms with Crippen LogP contribution in [0.4, 0.5) is 5.69 Å². The first-order valence-electron chi connectivity index (χ1n) is 6.59. The number of hydrogen-bond acceptors (Lipinski definition) is 3. The molecule has 1 unspecified atom stereocenters. The summed E-state index contributed by atoms with van der Waals surface area (Å²) < 4.78 is 25.3. The maximum Gasteiger partial charge on any atom is 0.244 e. The van der Waals surface area contributed by atoms with Gasteiger partial charge in [0.15, 0.2) is 0 Å². The number of carbonyl (C=O) groups is 1. The largest absolute Gasteiger partial charge is 0.350 e. The fourth-order valence-corrected chi connectivity index (χ4v) is 3.51. The summed E-state index contributed by atoms with van der Waals surface area (Å²) in [6.45, 7) is 6.94. The maximum atomic E-state index is 12.3. The normalized spacial score (nSPS) is 13.6. The fraction of sp³-hybridized carbons (Fsp3) is 0.500. The summed E-state index contributed by atoms with van der Waals surface area (Å²) >= 11 is 12.0. The van der Waals surface area contributed by atoms with Crippen LogP contribution < -0.4 is 9.62 Å². The van der Waals surface area contributed by atoms with Gasteiger partial charge in [0.1, 0.15) is 6.04 Å². The predicted octanol–water partition coefficient (Wildman–Crippen LogP) is 3.06. The number of sulfonamides is 1.